The number of pyridine rings is 1. The van der Waals surface area contributed by atoms with Gasteiger partial charge in [0.1, 0.15) is 0 Å². The Morgan fingerprint density at radius 2 is 2.10 bits per heavy atom. The second-order valence-electron chi connectivity index (χ2n) is 8.95. The van der Waals surface area contributed by atoms with Crippen LogP contribution in [-0.2, 0) is 4.74 Å². The molecule has 2 aliphatic heterocycles. The molecule has 30 heavy (non-hydrogen) atoms. The Balaban J connectivity index is 1.17. The number of aliphatic hydroxyl groups is 1. The minimum Gasteiger partial charge on any atom is -0.397 e. The molecule has 3 fully saturated rings. The Labute approximate surface area is 180 Å². The first kappa shape index (κ1) is 20.0. The number of likely N-dealkylation sites (tertiary alicyclic amines) is 1. The van der Waals surface area contributed by atoms with Crippen LogP contribution in [0.1, 0.15) is 23.2 Å². The normalized spacial score (nSPS) is 27.7. The van der Waals surface area contributed by atoms with Crippen molar-refractivity contribution in [3.63, 3.8) is 0 Å². The van der Waals surface area contributed by atoms with Gasteiger partial charge in [-0.1, -0.05) is 11.6 Å². The van der Waals surface area contributed by atoms with Crippen LogP contribution in [0, 0.1) is 17.8 Å². The first-order valence-electron chi connectivity index (χ1n) is 10.6. The van der Waals surface area contributed by atoms with Crippen LogP contribution in [-0.4, -0.2) is 65.9 Å². The van der Waals surface area contributed by atoms with Gasteiger partial charge < -0.3 is 20.9 Å². The van der Waals surface area contributed by atoms with Crippen LogP contribution in [0.15, 0.2) is 24.4 Å². The molecule has 1 aromatic carbocycles. The fourth-order valence-corrected chi connectivity index (χ4v) is 5.42. The van der Waals surface area contributed by atoms with Crippen LogP contribution in [0.2, 0.25) is 5.02 Å². The Bertz CT molecular complexity index is 966. The number of hydrogen-bond donors (Lipinski definition) is 3. The number of nitrogens with one attached hydrogen (secondary N) is 1. The number of carbonyl (C=O) groups is 1. The third-order valence-corrected chi connectivity index (χ3v) is 7.33. The summed E-state index contributed by atoms with van der Waals surface area (Å²) in [6, 6.07) is 5.21. The topological polar surface area (TPSA) is 101 Å². The standard InChI is InChI=1S/C22H27ClN4O3/c23-18-8-14(20-13(19(18)24)2-1-5-25-20)21(28)26-9-15-16-10-27(11-17(15)16)12-22(29)3-6-30-7-4-22/h1-2,5,8,15-17,29H,3-4,6-7,9-12,24H2,(H,26,28). The van der Waals surface area contributed by atoms with E-state index in [0.717, 1.165) is 19.6 Å². The van der Waals surface area contributed by atoms with E-state index in [1.165, 1.54) is 0 Å². The van der Waals surface area contributed by atoms with Crippen molar-refractivity contribution in [2.75, 3.05) is 45.1 Å². The van der Waals surface area contributed by atoms with Crippen molar-refractivity contribution in [3.05, 3.63) is 35.0 Å². The number of nitrogens with zero attached hydrogens (tertiary/aromatic N) is 2. The highest BCUT2D eigenvalue weighted by atomic mass is 35.5. The number of hydrogen-bond acceptors (Lipinski definition) is 6. The summed E-state index contributed by atoms with van der Waals surface area (Å²) in [7, 11) is 0. The van der Waals surface area contributed by atoms with Crippen LogP contribution in [0.3, 0.4) is 0 Å². The second-order valence-corrected chi connectivity index (χ2v) is 9.36. The first-order chi connectivity index (χ1) is 14.5. The summed E-state index contributed by atoms with van der Waals surface area (Å²) < 4.78 is 5.37. The molecular weight excluding hydrogens is 404 g/mol. The lowest BCUT2D eigenvalue weighted by Crippen LogP contribution is -2.47. The number of β-amino-alcohol motifs (C(OH)–C–C–N with tert-alkyl or cyclic N) is 1. The van der Waals surface area contributed by atoms with Crippen LogP contribution in [0.25, 0.3) is 10.9 Å². The summed E-state index contributed by atoms with van der Waals surface area (Å²) in [5, 5.41) is 14.9. The molecule has 2 atom stereocenters. The summed E-state index contributed by atoms with van der Waals surface area (Å²) >= 11 is 6.23. The zero-order valence-electron chi connectivity index (χ0n) is 16.8. The fraction of sp³-hybridized carbons (Fsp3) is 0.545. The van der Waals surface area contributed by atoms with Crippen molar-refractivity contribution in [2.24, 2.45) is 17.8 Å². The summed E-state index contributed by atoms with van der Waals surface area (Å²) in [5.41, 5.74) is 6.90. The molecule has 1 saturated carbocycles. The van der Waals surface area contributed by atoms with E-state index < -0.39 is 5.60 Å². The number of nitrogens with two attached hydrogens (primary N) is 1. The Hall–Kier alpha value is -1.93. The van der Waals surface area contributed by atoms with Crippen molar-refractivity contribution >= 4 is 34.1 Å². The molecule has 1 amide bonds. The fourth-order valence-electron chi connectivity index (χ4n) is 5.21. The number of nitrogen functional groups attached to an aromatic ring is 1. The summed E-state index contributed by atoms with van der Waals surface area (Å²) in [6.45, 7) is 4.65. The van der Waals surface area contributed by atoms with E-state index in [-0.39, 0.29) is 5.91 Å². The van der Waals surface area contributed by atoms with Gasteiger partial charge in [0, 0.05) is 63.8 Å². The van der Waals surface area contributed by atoms with Gasteiger partial charge in [-0.3, -0.25) is 14.7 Å². The highest BCUT2D eigenvalue weighted by Gasteiger charge is 2.56. The molecule has 5 rings (SSSR count). The van der Waals surface area contributed by atoms with Crippen molar-refractivity contribution < 1.29 is 14.6 Å². The number of amides is 1. The summed E-state index contributed by atoms with van der Waals surface area (Å²) in [6.07, 6.45) is 3.08. The zero-order valence-corrected chi connectivity index (χ0v) is 17.6. The average Bonchev–Trinajstić information content (AvgIpc) is 3.20. The lowest BCUT2D eigenvalue weighted by Gasteiger charge is -2.36. The van der Waals surface area contributed by atoms with Gasteiger partial charge in [-0.15, -0.1) is 0 Å². The molecule has 7 nitrogen and oxygen atoms in total. The maximum atomic E-state index is 12.8. The van der Waals surface area contributed by atoms with E-state index in [9.17, 15) is 9.90 Å². The summed E-state index contributed by atoms with van der Waals surface area (Å²) in [5.74, 6) is 1.52. The quantitative estimate of drug-likeness (QED) is 0.626. The molecule has 160 valence electrons. The summed E-state index contributed by atoms with van der Waals surface area (Å²) in [4.78, 5) is 19.5. The number of aromatic nitrogens is 1. The molecule has 3 heterocycles. The van der Waals surface area contributed by atoms with E-state index in [1.807, 2.05) is 6.07 Å². The van der Waals surface area contributed by atoms with Crippen molar-refractivity contribution in [1.82, 2.24) is 15.2 Å². The molecular formula is C22H27ClN4O3. The molecule has 1 aromatic heterocycles. The molecule has 2 unspecified atom stereocenters. The van der Waals surface area contributed by atoms with Gasteiger partial charge in [-0.25, -0.2) is 0 Å². The number of halogens is 1. The van der Waals surface area contributed by atoms with E-state index in [2.05, 4.69) is 15.2 Å². The van der Waals surface area contributed by atoms with E-state index in [1.54, 1.807) is 18.3 Å². The van der Waals surface area contributed by atoms with Gasteiger partial charge in [-0.05, 0) is 36.0 Å². The van der Waals surface area contributed by atoms with Crippen LogP contribution < -0.4 is 11.1 Å². The lowest BCUT2D eigenvalue weighted by molar-refractivity contribution is -0.0787. The maximum absolute atomic E-state index is 12.8. The number of fused-ring (bicyclic) bond motifs is 2. The molecule has 0 spiro atoms. The first-order valence-corrected chi connectivity index (χ1v) is 11.0. The molecule has 1 aliphatic carbocycles. The van der Waals surface area contributed by atoms with Gasteiger partial charge in [0.05, 0.1) is 27.4 Å². The van der Waals surface area contributed by atoms with Crippen molar-refractivity contribution in [3.8, 4) is 0 Å². The number of ether oxygens (including phenoxy) is 1. The molecule has 2 aromatic rings. The number of rotatable bonds is 5. The predicted octanol–water partition coefficient (Wildman–Crippen LogP) is 1.92. The zero-order chi connectivity index (χ0) is 20.9. The Kier molecular flexibility index (Phi) is 5.09. The van der Waals surface area contributed by atoms with Gasteiger partial charge in [-0.2, -0.15) is 0 Å². The molecule has 2 saturated heterocycles. The van der Waals surface area contributed by atoms with E-state index in [4.69, 9.17) is 22.1 Å². The predicted molar refractivity (Wildman–Crippen MR) is 115 cm³/mol. The monoisotopic (exact) mass is 430 g/mol. The van der Waals surface area contributed by atoms with E-state index >= 15 is 0 Å². The van der Waals surface area contributed by atoms with Crippen molar-refractivity contribution in [2.45, 2.75) is 18.4 Å². The van der Waals surface area contributed by atoms with Gasteiger partial charge in [0.2, 0.25) is 0 Å². The Morgan fingerprint density at radius 1 is 1.37 bits per heavy atom. The second kappa shape index (κ2) is 7.64. The molecule has 4 N–H and O–H groups in total. The van der Waals surface area contributed by atoms with E-state index in [0.29, 0.717) is 77.5 Å². The molecule has 0 bridgehead atoms. The molecule has 0 radical (unpaired) electrons. The smallest absolute Gasteiger partial charge is 0.253 e. The minimum absolute atomic E-state index is 0.168. The van der Waals surface area contributed by atoms with Crippen LogP contribution in [0.5, 0.6) is 0 Å². The average molecular weight is 431 g/mol. The van der Waals surface area contributed by atoms with Gasteiger partial charge >= 0.3 is 0 Å². The van der Waals surface area contributed by atoms with Crippen LogP contribution >= 0.6 is 11.6 Å². The third-order valence-electron chi connectivity index (χ3n) is 7.01. The van der Waals surface area contributed by atoms with Gasteiger partial charge in [0.25, 0.3) is 5.91 Å². The van der Waals surface area contributed by atoms with Gasteiger partial charge in [0.15, 0.2) is 0 Å². The highest BCUT2D eigenvalue weighted by molar-refractivity contribution is 6.35. The number of carbonyl (C=O) groups excluding carboxylic acids is 1. The SMILES string of the molecule is Nc1c(Cl)cc(C(=O)NCC2C3CN(CC4(O)CCOCC4)CC23)c2ncccc12. The molecule has 3 aliphatic rings. The largest absolute Gasteiger partial charge is 0.397 e. The number of anilines is 1. The van der Waals surface area contributed by atoms with Crippen LogP contribution in [0.4, 0.5) is 5.69 Å². The third kappa shape index (κ3) is 3.64. The highest BCUT2D eigenvalue weighted by Crippen LogP contribution is 2.51. The molecule has 8 heteroatoms. The number of benzene rings is 1. The maximum Gasteiger partial charge on any atom is 0.253 e. The minimum atomic E-state index is -0.610. The van der Waals surface area contributed by atoms with Crippen molar-refractivity contribution in [1.29, 1.82) is 0 Å². The Morgan fingerprint density at radius 3 is 2.83 bits per heavy atom. The number of piperidine rings is 1. The lowest BCUT2D eigenvalue weighted by atomic mass is 9.93.